The molecule has 1 N–H and O–H groups in total. The highest BCUT2D eigenvalue weighted by Gasteiger charge is 2.16. The van der Waals surface area contributed by atoms with Gasteiger partial charge in [-0.2, -0.15) is 0 Å². The lowest BCUT2D eigenvalue weighted by Crippen LogP contribution is -2.39. The molecule has 0 amide bonds. The van der Waals surface area contributed by atoms with E-state index in [1.54, 1.807) is 0 Å². The van der Waals surface area contributed by atoms with E-state index < -0.39 is 0 Å². The lowest BCUT2D eigenvalue weighted by molar-refractivity contribution is 0.486. The summed E-state index contributed by atoms with van der Waals surface area (Å²) in [5, 5.41) is 3.25. The molecule has 0 rings (SSSR count). The zero-order valence-electron chi connectivity index (χ0n) is 8.36. The van der Waals surface area contributed by atoms with Gasteiger partial charge >= 0.3 is 0 Å². The second kappa shape index (κ2) is 6.74. The fraction of sp³-hybridized carbons (Fsp3) is 0.778. The molecule has 0 saturated heterocycles. The Morgan fingerprint density at radius 3 is 1.91 bits per heavy atom. The molecular formula is C9H21NS. The van der Waals surface area contributed by atoms with Crippen molar-refractivity contribution in [1.29, 1.82) is 0 Å². The van der Waals surface area contributed by atoms with Crippen molar-refractivity contribution in [3.05, 3.63) is 11.5 Å². The van der Waals surface area contributed by atoms with E-state index in [-0.39, 0.29) is 5.54 Å². The van der Waals surface area contributed by atoms with Crippen LogP contribution in [0.25, 0.3) is 0 Å². The van der Waals surface area contributed by atoms with Crippen LogP contribution in [0.1, 0.15) is 34.6 Å². The highest BCUT2D eigenvalue weighted by Crippen LogP contribution is 2.15. The third-order valence-electron chi connectivity index (χ3n) is 1.34. The van der Waals surface area contributed by atoms with Crippen LogP contribution in [0.2, 0.25) is 0 Å². The topological polar surface area (TPSA) is 12.0 Å². The summed E-state index contributed by atoms with van der Waals surface area (Å²) in [6.07, 6.45) is 0. The van der Waals surface area contributed by atoms with Gasteiger partial charge in [-0.15, -0.1) is 12.6 Å². The molecule has 0 aromatic carbocycles. The lowest BCUT2D eigenvalue weighted by Gasteiger charge is -2.24. The molecule has 0 unspecified atom stereocenters. The van der Waals surface area contributed by atoms with Gasteiger partial charge in [-0.05, 0) is 25.3 Å². The quantitative estimate of drug-likeness (QED) is 0.629. The third kappa shape index (κ3) is 6.45. The molecular weight excluding hydrogens is 154 g/mol. The van der Waals surface area contributed by atoms with E-state index in [0.29, 0.717) is 0 Å². The predicted octanol–water partition coefficient (Wildman–Crippen LogP) is 2.84. The molecule has 0 spiro atoms. The van der Waals surface area contributed by atoms with Crippen LogP contribution in [0.4, 0.5) is 0 Å². The van der Waals surface area contributed by atoms with Gasteiger partial charge in [0, 0.05) is 5.54 Å². The van der Waals surface area contributed by atoms with Crippen LogP contribution >= 0.6 is 12.6 Å². The van der Waals surface area contributed by atoms with Crippen LogP contribution < -0.4 is 5.32 Å². The van der Waals surface area contributed by atoms with Crippen LogP contribution in [0, 0.1) is 0 Å². The SMILES string of the molecule is C=C(S)C(C)(C)NCC.CC. The Morgan fingerprint density at radius 1 is 1.45 bits per heavy atom. The molecule has 0 fully saturated rings. The maximum Gasteiger partial charge on any atom is 0.0428 e. The first-order chi connectivity index (χ1) is 5.00. The molecule has 0 bridgehead atoms. The lowest BCUT2D eigenvalue weighted by atomic mass is 10.1. The van der Waals surface area contributed by atoms with E-state index >= 15 is 0 Å². The maximum atomic E-state index is 4.16. The third-order valence-corrected chi connectivity index (χ3v) is 1.90. The van der Waals surface area contributed by atoms with Gasteiger partial charge in [0.2, 0.25) is 0 Å². The Kier molecular flexibility index (Phi) is 8.35. The number of rotatable bonds is 3. The van der Waals surface area contributed by atoms with Crippen molar-refractivity contribution in [1.82, 2.24) is 5.32 Å². The summed E-state index contributed by atoms with van der Waals surface area (Å²) in [6.45, 7) is 14.9. The second-order valence-corrected chi connectivity index (χ2v) is 3.14. The van der Waals surface area contributed by atoms with Crippen molar-refractivity contribution in [3.8, 4) is 0 Å². The summed E-state index contributed by atoms with van der Waals surface area (Å²) in [6, 6.07) is 0. The van der Waals surface area contributed by atoms with Crippen LogP contribution in [0.3, 0.4) is 0 Å². The van der Waals surface area contributed by atoms with Crippen LogP contribution in [-0.4, -0.2) is 12.1 Å². The molecule has 0 saturated carbocycles. The maximum absolute atomic E-state index is 4.16. The Balaban J connectivity index is 0. The van der Waals surface area contributed by atoms with E-state index in [1.165, 1.54) is 0 Å². The summed E-state index contributed by atoms with van der Waals surface area (Å²) in [5.41, 5.74) is -0.0299. The molecule has 0 radical (unpaired) electrons. The molecule has 0 aromatic heterocycles. The number of thiol groups is 1. The summed E-state index contributed by atoms with van der Waals surface area (Å²) < 4.78 is 0. The average molecular weight is 175 g/mol. The minimum Gasteiger partial charge on any atom is -0.308 e. The van der Waals surface area contributed by atoms with E-state index in [9.17, 15) is 0 Å². The molecule has 1 nitrogen and oxygen atoms in total. The van der Waals surface area contributed by atoms with Crippen molar-refractivity contribution in [2.75, 3.05) is 6.54 Å². The summed E-state index contributed by atoms with van der Waals surface area (Å²) in [5.74, 6) is 0. The Bertz CT molecular complexity index is 108. The first-order valence-electron chi connectivity index (χ1n) is 4.14. The first kappa shape index (κ1) is 13.6. The smallest absolute Gasteiger partial charge is 0.0428 e. The summed E-state index contributed by atoms with van der Waals surface area (Å²) in [7, 11) is 0. The van der Waals surface area contributed by atoms with Gasteiger partial charge in [-0.3, -0.25) is 0 Å². The fourth-order valence-corrected chi connectivity index (χ4v) is 0.623. The second-order valence-electron chi connectivity index (χ2n) is 2.60. The average Bonchev–Trinajstić information content (AvgIpc) is 1.92. The van der Waals surface area contributed by atoms with Gasteiger partial charge in [-0.25, -0.2) is 0 Å². The Labute approximate surface area is 76.7 Å². The molecule has 11 heavy (non-hydrogen) atoms. The predicted molar refractivity (Wildman–Crippen MR) is 57.2 cm³/mol. The van der Waals surface area contributed by atoms with Crippen molar-refractivity contribution >= 4 is 12.6 Å². The highest BCUT2D eigenvalue weighted by atomic mass is 32.1. The highest BCUT2D eigenvalue weighted by molar-refractivity contribution is 7.84. The van der Waals surface area contributed by atoms with Gasteiger partial charge in [0.1, 0.15) is 0 Å². The van der Waals surface area contributed by atoms with Gasteiger partial charge < -0.3 is 5.32 Å². The van der Waals surface area contributed by atoms with Gasteiger partial charge in [0.25, 0.3) is 0 Å². The molecule has 0 heterocycles. The van der Waals surface area contributed by atoms with Crippen molar-refractivity contribution < 1.29 is 0 Å². The number of hydrogen-bond acceptors (Lipinski definition) is 2. The van der Waals surface area contributed by atoms with E-state index in [4.69, 9.17) is 0 Å². The van der Waals surface area contributed by atoms with Crippen molar-refractivity contribution in [2.45, 2.75) is 40.2 Å². The van der Waals surface area contributed by atoms with Gasteiger partial charge in [0.15, 0.2) is 0 Å². The minimum absolute atomic E-state index is 0.0299. The molecule has 0 atom stereocenters. The first-order valence-corrected chi connectivity index (χ1v) is 4.59. The molecule has 0 aliphatic rings. The normalized spacial score (nSPS) is 10.0. The Morgan fingerprint density at radius 2 is 1.82 bits per heavy atom. The van der Waals surface area contributed by atoms with E-state index in [0.717, 1.165) is 11.4 Å². The van der Waals surface area contributed by atoms with Crippen molar-refractivity contribution in [3.63, 3.8) is 0 Å². The number of nitrogens with one attached hydrogen (secondary N) is 1. The van der Waals surface area contributed by atoms with Gasteiger partial charge in [-0.1, -0.05) is 27.4 Å². The fourth-order valence-electron chi connectivity index (χ4n) is 0.544. The molecule has 68 valence electrons. The van der Waals surface area contributed by atoms with Crippen molar-refractivity contribution in [2.24, 2.45) is 0 Å². The van der Waals surface area contributed by atoms with Crippen LogP contribution in [0.5, 0.6) is 0 Å². The number of likely N-dealkylation sites (N-methyl/N-ethyl adjacent to an activating group) is 1. The summed E-state index contributed by atoms with van der Waals surface area (Å²) in [4.78, 5) is 0.879. The zero-order valence-corrected chi connectivity index (χ0v) is 9.26. The number of hydrogen-bond donors (Lipinski definition) is 2. The monoisotopic (exact) mass is 175 g/mol. The summed E-state index contributed by atoms with van der Waals surface area (Å²) >= 11 is 4.16. The standard InChI is InChI=1S/C7H15NS.C2H6/c1-5-8-7(3,4)6(2)9;1-2/h8-9H,2,5H2,1,3-4H3;1-2H3. The zero-order chi connectivity index (χ0) is 9.49. The minimum atomic E-state index is -0.0299. The molecule has 0 aliphatic heterocycles. The molecule has 2 heteroatoms. The van der Waals surface area contributed by atoms with E-state index in [1.807, 2.05) is 13.8 Å². The van der Waals surface area contributed by atoms with Gasteiger partial charge in [0.05, 0.1) is 0 Å². The largest absolute Gasteiger partial charge is 0.308 e. The van der Waals surface area contributed by atoms with E-state index in [2.05, 4.69) is 45.3 Å². The Hall–Kier alpha value is 0.0500. The molecule has 0 aromatic rings. The molecule has 0 aliphatic carbocycles. The van der Waals surface area contributed by atoms with Crippen LogP contribution in [-0.2, 0) is 0 Å². The van der Waals surface area contributed by atoms with Crippen LogP contribution in [0.15, 0.2) is 11.5 Å².